The SMILES string of the molecule is Cc1ccc(/C(=C\C(=O)n2cccn2)[C@@]2(Cc3ccccc3)N=C(OCc3ccccc3)SC2=O)cc1. The summed E-state index contributed by atoms with van der Waals surface area (Å²) in [7, 11) is 0. The van der Waals surface area contributed by atoms with Crippen LogP contribution in [0, 0.1) is 6.92 Å². The van der Waals surface area contributed by atoms with Gasteiger partial charge in [0.2, 0.25) is 5.12 Å². The molecule has 0 unspecified atom stereocenters. The molecule has 0 saturated heterocycles. The van der Waals surface area contributed by atoms with Gasteiger partial charge in [0.05, 0.1) is 0 Å². The van der Waals surface area contributed by atoms with Gasteiger partial charge in [-0.25, -0.2) is 9.67 Å². The smallest absolute Gasteiger partial charge is 0.271 e. The number of hydrogen-bond acceptors (Lipinski definition) is 6. The van der Waals surface area contributed by atoms with Crippen LogP contribution in [0.15, 0.2) is 114 Å². The molecule has 1 aliphatic rings. The third-order valence-electron chi connectivity index (χ3n) is 6.11. The van der Waals surface area contributed by atoms with Gasteiger partial charge in [-0.15, -0.1) is 0 Å². The van der Waals surface area contributed by atoms with E-state index in [2.05, 4.69) is 5.10 Å². The quantitative estimate of drug-likeness (QED) is 0.298. The predicted molar refractivity (Wildman–Crippen MR) is 146 cm³/mol. The number of benzene rings is 3. The Bertz CT molecular complexity index is 1450. The molecule has 7 heteroatoms. The first-order chi connectivity index (χ1) is 18.0. The van der Waals surface area contributed by atoms with E-state index >= 15 is 0 Å². The molecule has 2 heterocycles. The number of rotatable bonds is 7. The highest BCUT2D eigenvalue weighted by molar-refractivity contribution is 8.26. The van der Waals surface area contributed by atoms with Crippen molar-refractivity contribution in [1.82, 2.24) is 9.78 Å². The van der Waals surface area contributed by atoms with E-state index in [1.54, 1.807) is 18.5 Å². The zero-order chi connectivity index (χ0) is 25.7. The lowest BCUT2D eigenvalue weighted by molar-refractivity contribution is -0.113. The molecule has 184 valence electrons. The van der Waals surface area contributed by atoms with E-state index in [-0.39, 0.29) is 29.3 Å². The monoisotopic (exact) mass is 507 g/mol. The van der Waals surface area contributed by atoms with E-state index < -0.39 is 5.54 Å². The first-order valence-electron chi connectivity index (χ1n) is 11.9. The van der Waals surface area contributed by atoms with Gasteiger partial charge in [0.1, 0.15) is 6.61 Å². The zero-order valence-corrected chi connectivity index (χ0v) is 21.1. The molecule has 1 atom stereocenters. The Morgan fingerprint density at radius 1 is 0.946 bits per heavy atom. The van der Waals surface area contributed by atoms with E-state index in [9.17, 15) is 9.59 Å². The number of hydrogen-bond donors (Lipinski definition) is 0. The number of carbonyl (C=O) groups is 2. The Hall–Kier alpha value is -4.23. The molecule has 0 saturated carbocycles. The minimum Gasteiger partial charge on any atom is -0.468 e. The second kappa shape index (κ2) is 10.8. The number of ether oxygens (including phenoxy) is 1. The first kappa shape index (κ1) is 24.5. The molecule has 3 aromatic carbocycles. The van der Waals surface area contributed by atoms with E-state index in [4.69, 9.17) is 9.73 Å². The van der Waals surface area contributed by atoms with Crippen molar-refractivity contribution in [2.45, 2.75) is 25.5 Å². The number of nitrogens with zero attached hydrogens (tertiary/aromatic N) is 3. The van der Waals surface area contributed by atoms with Crippen molar-refractivity contribution in [2.24, 2.45) is 4.99 Å². The van der Waals surface area contributed by atoms with Crippen LogP contribution in [0.5, 0.6) is 0 Å². The molecular formula is C30H25N3O3S. The Kier molecular flexibility index (Phi) is 7.14. The average Bonchev–Trinajstić information content (AvgIpc) is 3.57. The molecule has 1 aromatic heterocycles. The van der Waals surface area contributed by atoms with E-state index in [0.29, 0.717) is 5.57 Å². The summed E-state index contributed by atoms with van der Waals surface area (Å²) in [6.07, 6.45) is 4.88. The Morgan fingerprint density at radius 2 is 1.62 bits per heavy atom. The Balaban J connectivity index is 1.62. The van der Waals surface area contributed by atoms with Crippen molar-refractivity contribution in [3.8, 4) is 0 Å². The standard InChI is InChI=1S/C30H25N3O3S/c1-22-13-15-25(16-14-22)26(19-27(34)33-18-8-17-31-33)30(20-23-9-4-2-5-10-23)28(35)37-29(32-30)36-21-24-11-6-3-7-12-24/h2-19H,20-21H2,1H3/b26-19+/t30-/m1/s1. The lowest BCUT2D eigenvalue weighted by atomic mass is 9.80. The molecule has 0 fully saturated rings. The third-order valence-corrected chi connectivity index (χ3v) is 7.02. The summed E-state index contributed by atoms with van der Waals surface area (Å²) in [6.45, 7) is 2.28. The number of aryl methyl sites for hydroxylation is 1. The maximum absolute atomic E-state index is 13.9. The van der Waals surface area contributed by atoms with Gasteiger partial charge in [-0.2, -0.15) is 5.10 Å². The van der Waals surface area contributed by atoms with Crippen LogP contribution < -0.4 is 0 Å². The van der Waals surface area contributed by atoms with E-state index in [0.717, 1.165) is 34.0 Å². The molecule has 5 rings (SSSR count). The molecule has 37 heavy (non-hydrogen) atoms. The van der Waals surface area contributed by atoms with Crippen molar-refractivity contribution < 1.29 is 14.3 Å². The Labute approximate surface area is 219 Å². The maximum atomic E-state index is 13.9. The number of aliphatic imine (C=N–C) groups is 1. The largest absolute Gasteiger partial charge is 0.468 e. The number of carbonyl (C=O) groups excluding carboxylic acids is 2. The second-order valence-electron chi connectivity index (χ2n) is 8.78. The molecular weight excluding hydrogens is 482 g/mol. The minimum atomic E-state index is -1.35. The van der Waals surface area contributed by atoms with Crippen molar-refractivity contribution in [1.29, 1.82) is 0 Å². The minimum absolute atomic E-state index is 0.195. The zero-order valence-electron chi connectivity index (χ0n) is 20.3. The van der Waals surface area contributed by atoms with Gasteiger partial charge in [-0.3, -0.25) is 9.59 Å². The molecule has 4 aromatic rings. The number of allylic oxidation sites excluding steroid dienone is 1. The Morgan fingerprint density at radius 3 is 2.27 bits per heavy atom. The van der Waals surface area contributed by atoms with Crippen LogP contribution in [-0.2, 0) is 22.6 Å². The lowest BCUT2D eigenvalue weighted by Gasteiger charge is -2.27. The van der Waals surface area contributed by atoms with Crippen LogP contribution in [0.3, 0.4) is 0 Å². The highest BCUT2D eigenvalue weighted by atomic mass is 32.2. The fourth-order valence-corrected chi connectivity index (χ4v) is 5.08. The lowest BCUT2D eigenvalue weighted by Crippen LogP contribution is -2.37. The van der Waals surface area contributed by atoms with Gasteiger partial charge in [0.25, 0.3) is 11.1 Å². The van der Waals surface area contributed by atoms with Crippen molar-refractivity contribution >= 4 is 33.6 Å². The molecule has 0 bridgehead atoms. The molecule has 1 aliphatic heterocycles. The van der Waals surface area contributed by atoms with Crippen LogP contribution in [0.4, 0.5) is 0 Å². The first-order valence-corrected chi connectivity index (χ1v) is 12.7. The van der Waals surface area contributed by atoms with Gasteiger partial charge in [-0.05, 0) is 29.7 Å². The molecule has 0 amide bonds. The van der Waals surface area contributed by atoms with Gasteiger partial charge in [-0.1, -0.05) is 90.5 Å². The summed E-state index contributed by atoms with van der Waals surface area (Å²) in [5.41, 5.74) is 2.87. The van der Waals surface area contributed by atoms with Crippen LogP contribution >= 0.6 is 11.8 Å². The summed E-state index contributed by atoms with van der Waals surface area (Å²) < 4.78 is 7.24. The van der Waals surface area contributed by atoms with E-state index in [1.165, 1.54) is 10.8 Å². The summed E-state index contributed by atoms with van der Waals surface area (Å²) in [6, 6.07) is 28.9. The molecule has 0 radical (unpaired) electrons. The fraction of sp³-hybridized carbons (Fsp3) is 0.133. The normalized spacial score (nSPS) is 17.5. The molecule has 0 aliphatic carbocycles. The maximum Gasteiger partial charge on any atom is 0.271 e. The van der Waals surface area contributed by atoms with Crippen LogP contribution in [0.25, 0.3) is 5.57 Å². The average molecular weight is 508 g/mol. The summed E-state index contributed by atoms with van der Waals surface area (Å²) in [4.78, 5) is 32.0. The third kappa shape index (κ3) is 5.47. The molecule has 0 spiro atoms. The van der Waals surface area contributed by atoms with Gasteiger partial charge in [0, 0.05) is 42.2 Å². The van der Waals surface area contributed by atoms with Gasteiger partial charge < -0.3 is 4.74 Å². The highest BCUT2D eigenvalue weighted by Crippen LogP contribution is 2.43. The summed E-state index contributed by atoms with van der Waals surface area (Å²) in [5.74, 6) is -0.361. The number of aromatic nitrogens is 2. The van der Waals surface area contributed by atoms with E-state index in [1.807, 2.05) is 91.9 Å². The van der Waals surface area contributed by atoms with Crippen LogP contribution in [0.1, 0.15) is 27.0 Å². The van der Waals surface area contributed by atoms with Crippen LogP contribution in [0.2, 0.25) is 0 Å². The topological polar surface area (TPSA) is 73.6 Å². The predicted octanol–water partition coefficient (Wildman–Crippen LogP) is 5.74. The van der Waals surface area contributed by atoms with Crippen molar-refractivity contribution in [2.75, 3.05) is 0 Å². The molecule has 6 nitrogen and oxygen atoms in total. The summed E-state index contributed by atoms with van der Waals surface area (Å²) in [5, 5.41) is 4.17. The fourth-order valence-electron chi connectivity index (χ4n) is 4.20. The number of thioether (sulfide) groups is 1. The van der Waals surface area contributed by atoms with Gasteiger partial charge >= 0.3 is 0 Å². The summed E-state index contributed by atoms with van der Waals surface area (Å²) >= 11 is 0.976. The van der Waals surface area contributed by atoms with Gasteiger partial charge in [0.15, 0.2) is 5.54 Å². The van der Waals surface area contributed by atoms with Crippen LogP contribution in [-0.4, -0.2) is 31.6 Å². The van der Waals surface area contributed by atoms with Crippen molar-refractivity contribution in [3.05, 3.63) is 132 Å². The highest BCUT2D eigenvalue weighted by Gasteiger charge is 2.49. The molecule has 0 N–H and O–H groups in total. The van der Waals surface area contributed by atoms with Crippen molar-refractivity contribution in [3.63, 3.8) is 0 Å². The second-order valence-corrected chi connectivity index (χ2v) is 9.70.